The van der Waals surface area contributed by atoms with Gasteiger partial charge in [-0.15, -0.1) is 6.58 Å². The fraction of sp³-hybridized carbons (Fsp3) is 0.0625. The lowest BCUT2D eigenvalue weighted by Gasteiger charge is -2.09. The van der Waals surface area contributed by atoms with E-state index < -0.39 is 6.10 Å². The van der Waals surface area contributed by atoms with E-state index in [0.717, 1.165) is 16.7 Å². The Morgan fingerprint density at radius 3 is 2.00 bits per heavy atom. The lowest BCUT2D eigenvalue weighted by molar-refractivity contribution is -0.268. The third-order valence-corrected chi connectivity index (χ3v) is 2.91. The van der Waals surface area contributed by atoms with Crippen LogP contribution in [0.25, 0.3) is 11.1 Å². The van der Waals surface area contributed by atoms with Gasteiger partial charge in [-0.1, -0.05) is 42.5 Å². The summed E-state index contributed by atoms with van der Waals surface area (Å²) < 4.78 is 0. The van der Waals surface area contributed by atoms with Gasteiger partial charge < -0.3 is 0 Å². The van der Waals surface area contributed by atoms with E-state index >= 15 is 0 Å². The number of hydrogen-bond acceptors (Lipinski definition) is 3. The first-order valence-electron chi connectivity index (χ1n) is 5.81. The van der Waals surface area contributed by atoms with E-state index in [1.165, 1.54) is 6.08 Å². The molecule has 2 aromatic rings. The van der Waals surface area contributed by atoms with E-state index in [-0.39, 0.29) is 0 Å². The van der Waals surface area contributed by atoms with Crippen molar-refractivity contribution in [3.8, 4) is 17.2 Å². The summed E-state index contributed by atoms with van der Waals surface area (Å²) in [5.74, 6) is 0. The van der Waals surface area contributed by atoms with Crippen LogP contribution in [0.2, 0.25) is 0 Å². The first-order valence-corrected chi connectivity index (χ1v) is 5.81. The molecule has 0 saturated heterocycles. The average molecular weight is 251 g/mol. The van der Waals surface area contributed by atoms with Gasteiger partial charge in [0.2, 0.25) is 0 Å². The smallest absolute Gasteiger partial charge is 0.136 e. The van der Waals surface area contributed by atoms with Crippen LogP contribution in [-0.2, 0) is 4.89 Å². The van der Waals surface area contributed by atoms with E-state index in [4.69, 9.17) is 10.5 Å². The zero-order valence-corrected chi connectivity index (χ0v) is 10.3. The summed E-state index contributed by atoms with van der Waals surface area (Å²) in [5, 5.41) is 17.5. The summed E-state index contributed by atoms with van der Waals surface area (Å²) in [6, 6.07) is 17.1. The van der Waals surface area contributed by atoms with Gasteiger partial charge in [-0.2, -0.15) is 5.26 Å². The standard InChI is InChI=1S/C16H13NO2/c1-2-16(19-18)15-9-7-14(8-10-15)13-5-3-12(11-17)4-6-13/h2-10,16,18H,1H2. The maximum absolute atomic E-state index is 8.75. The Balaban J connectivity index is 2.27. The Bertz CT molecular complexity index is 594. The molecule has 0 aliphatic carbocycles. The van der Waals surface area contributed by atoms with Crippen molar-refractivity contribution in [2.24, 2.45) is 0 Å². The van der Waals surface area contributed by atoms with Gasteiger partial charge in [0.05, 0.1) is 11.6 Å². The van der Waals surface area contributed by atoms with Crippen LogP contribution >= 0.6 is 0 Å². The van der Waals surface area contributed by atoms with Crippen LogP contribution in [0.5, 0.6) is 0 Å². The van der Waals surface area contributed by atoms with Gasteiger partial charge in [-0.3, -0.25) is 5.26 Å². The Morgan fingerprint density at radius 2 is 1.58 bits per heavy atom. The molecule has 0 bridgehead atoms. The molecule has 0 radical (unpaired) electrons. The van der Waals surface area contributed by atoms with E-state index in [0.29, 0.717) is 5.56 Å². The highest BCUT2D eigenvalue weighted by molar-refractivity contribution is 5.64. The van der Waals surface area contributed by atoms with Crippen LogP contribution in [0.3, 0.4) is 0 Å². The van der Waals surface area contributed by atoms with Crippen molar-refractivity contribution in [3.05, 3.63) is 72.3 Å². The van der Waals surface area contributed by atoms with Crippen molar-refractivity contribution >= 4 is 0 Å². The molecule has 0 aliphatic rings. The second-order valence-corrected chi connectivity index (χ2v) is 4.07. The van der Waals surface area contributed by atoms with Crippen LogP contribution in [0.15, 0.2) is 61.2 Å². The topological polar surface area (TPSA) is 53.2 Å². The number of nitriles is 1. The molecule has 0 saturated carbocycles. The minimum atomic E-state index is -0.519. The van der Waals surface area contributed by atoms with Crippen molar-refractivity contribution < 1.29 is 10.1 Å². The van der Waals surface area contributed by atoms with Gasteiger partial charge in [0.15, 0.2) is 0 Å². The SMILES string of the molecule is C=CC(OO)c1ccc(-c2ccc(C#N)cc2)cc1. The van der Waals surface area contributed by atoms with E-state index in [2.05, 4.69) is 17.5 Å². The fourth-order valence-electron chi connectivity index (χ4n) is 1.84. The summed E-state index contributed by atoms with van der Waals surface area (Å²) in [4.78, 5) is 4.31. The van der Waals surface area contributed by atoms with Gasteiger partial charge in [0.1, 0.15) is 6.10 Å². The Labute approximate surface area is 111 Å². The lowest BCUT2D eigenvalue weighted by atomic mass is 10.0. The normalized spacial score (nSPS) is 11.6. The lowest BCUT2D eigenvalue weighted by Crippen LogP contribution is -1.97. The van der Waals surface area contributed by atoms with E-state index in [9.17, 15) is 0 Å². The maximum atomic E-state index is 8.75. The van der Waals surface area contributed by atoms with E-state index in [1.807, 2.05) is 36.4 Å². The molecule has 1 unspecified atom stereocenters. The Hall–Kier alpha value is -2.41. The van der Waals surface area contributed by atoms with Crippen LogP contribution < -0.4 is 0 Å². The molecule has 0 fully saturated rings. The summed E-state index contributed by atoms with van der Waals surface area (Å²) in [5.41, 5.74) is 3.54. The van der Waals surface area contributed by atoms with Gasteiger partial charge in [-0.25, -0.2) is 4.89 Å². The van der Waals surface area contributed by atoms with Gasteiger partial charge in [0.25, 0.3) is 0 Å². The molecule has 0 spiro atoms. The fourth-order valence-corrected chi connectivity index (χ4v) is 1.84. The molecule has 3 heteroatoms. The molecule has 2 aromatic carbocycles. The van der Waals surface area contributed by atoms with Crippen molar-refractivity contribution in [3.63, 3.8) is 0 Å². The molecule has 94 valence electrons. The maximum Gasteiger partial charge on any atom is 0.136 e. The zero-order valence-electron chi connectivity index (χ0n) is 10.3. The number of nitrogens with zero attached hydrogens (tertiary/aromatic N) is 1. The van der Waals surface area contributed by atoms with Crippen LogP contribution in [-0.4, -0.2) is 5.26 Å². The zero-order chi connectivity index (χ0) is 13.7. The van der Waals surface area contributed by atoms with Crippen LogP contribution in [0.4, 0.5) is 0 Å². The van der Waals surface area contributed by atoms with Crippen molar-refractivity contribution in [2.75, 3.05) is 0 Å². The highest BCUT2D eigenvalue weighted by atomic mass is 17.1. The van der Waals surface area contributed by atoms with Gasteiger partial charge >= 0.3 is 0 Å². The molecule has 3 nitrogen and oxygen atoms in total. The molecule has 0 aromatic heterocycles. The molecule has 0 amide bonds. The summed E-state index contributed by atoms with van der Waals surface area (Å²) in [6.07, 6.45) is 1.01. The monoisotopic (exact) mass is 251 g/mol. The summed E-state index contributed by atoms with van der Waals surface area (Å²) in [7, 11) is 0. The molecule has 2 rings (SSSR count). The first-order chi connectivity index (χ1) is 9.28. The Kier molecular flexibility index (Phi) is 4.09. The Morgan fingerprint density at radius 1 is 1.05 bits per heavy atom. The van der Waals surface area contributed by atoms with Crippen molar-refractivity contribution in [1.82, 2.24) is 0 Å². The summed E-state index contributed by atoms with van der Waals surface area (Å²) >= 11 is 0. The average Bonchev–Trinajstić information content (AvgIpc) is 2.49. The van der Waals surface area contributed by atoms with Crippen LogP contribution in [0, 0.1) is 11.3 Å². The third kappa shape index (κ3) is 2.89. The van der Waals surface area contributed by atoms with Gasteiger partial charge in [0, 0.05) is 0 Å². The quantitative estimate of drug-likeness (QED) is 0.508. The molecule has 1 atom stereocenters. The summed E-state index contributed by atoms with van der Waals surface area (Å²) in [6.45, 7) is 3.59. The van der Waals surface area contributed by atoms with Crippen molar-refractivity contribution in [2.45, 2.75) is 6.10 Å². The molecular weight excluding hydrogens is 238 g/mol. The first kappa shape index (κ1) is 13.0. The minimum Gasteiger partial charge on any atom is -0.251 e. The second kappa shape index (κ2) is 5.96. The second-order valence-electron chi connectivity index (χ2n) is 4.07. The number of hydrogen-bond donors (Lipinski definition) is 1. The van der Waals surface area contributed by atoms with Crippen molar-refractivity contribution in [1.29, 1.82) is 5.26 Å². The highest BCUT2D eigenvalue weighted by Crippen LogP contribution is 2.24. The third-order valence-electron chi connectivity index (χ3n) is 2.91. The van der Waals surface area contributed by atoms with Crippen LogP contribution in [0.1, 0.15) is 17.2 Å². The highest BCUT2D eigenvalue weighted by Gasteiger charge is 2.07. The molecule has 0 aliphatic heterocycles. The molecule has 1 N–H and O–H groups in total. The molecule has 19 heavy (non-hydrogen) atoms. The predicted molar refractivity (Wildman–Crippen MR) is 73.2 cm³/mol. The van der Waals surface area contributed by atoms with Gasteiger partial charge in [-0.05, 0) is 28.8 Å². The molecular formula is C16H13NO2. The minimum absolute atomic E-state index is 0.519. The predicted octanol–water partition coefficient (Wildman–Crippen LogP) is 3.94. The largest absolute Gasteiger partial charge is 0.251 e. The molecule has 0 heterocycles. The number of rotatable bonds is 4. The number of benzene rings is 2. The van der Waals surface area contributed by atoms with E-state index in [1.54, 1.807) is 12.1 Å².